The number of carbonyl (C=O) groups is 1. The molecule has 0 bridgehead atoms. The van der Waals surface area contributed by atoms with Crippen LogP contribution in [0.4, 0.5) is 0 Å². The summed E-state index contributed by atoms with van der Waals surface area (Å²) < 4.78 is 5.68. The Kier molecular flexibility index (Phi) is 4.76. The average Bonchev–Trinajstić information content (AvgIpc) is 2.40. The van der Waals surface area contributed by atoms with E-state index < -0.39 is 0 Å². The highest BCUT2D eigenvalue weighted by Gasteiger charge is 2.21. The van der Waals surface area contributed by atoms with Gasteiger partial charge in [-0.3, -0.25) is 4.79 Å². The SMILES string of the molecule is CN(CCOc1ccccc1)C1CCC(=O)CC1. The van der Waals surface area contributed by atoms with Gasteiger partial charge >= 0.3 is 0 Å². The predicted molar refractivity (Wildman–Crippen MR) is 71.8 cm³/mol. The van der Waals surface area contributed by atoms with Crippen LogP contribution in [-0.2, 0) is 4.79 Å². The second kappa shape index (κ2) is 6.55. The molecule has 0 amide bonds. The van der Waals surface area contributed by atoms with Gasteiger partial charge in [-0.2, -0.15) is 0 Å². The highest BCUT2D eigenvalue weighted by molar-refractivity contribution is 5.79. The standard InChI is InChI=1S/C15H21NO2/c1-16(13-7-9-14(17)10-8-13)11-12-18-15-5-3-2-4-6-15/h2-6,13H,7-12H2,1H3. The molecular formula is C15H21NO2. The Balaban J connectivity index is 1.68. The van der Waals surface area contributed by atoms with Gasteiger partial charge in [0.05, 0.1) is 0 Å². The highest BCUT2D eigenvalue weighted by atomic mass is 16.5. The Bertz CT molecular complexity index is 367. The number of ketones is 1. The molecule has 18 heavy (non-hydrogen) atoms. The minimum Gasteiger partial charge on any atom is -0.492 e. The zero-order valence-corrected chi connectivity index (χ0v) is 11.0. The summed E-state index contributed by atoms with van der Waals surface area (Å²) in [5, 5.41) is 0. The number of ether oxygens (including phenoxy) is 1. The third kappa shape index (κ3) is 3.84. The molecule has 0 N–H and O–H groups in total. The fourth-order valence-electron chi connectivity index (χ4n) is 2.37. The lowest BCUT2D eigenvalue weighted by molar-refractivity contribution is -0.121. The molecule has 1 aromatic carbocycles. The first kappa shape index (κ1) is 13.1. The van der Waals surface area contributed by atoms with Crippen molar-refractivity contribution < 1.29 is 9.53 Å². The quantitative estimate of drug-likeness (QED) is 0.800. The zero-order chi connectivity index (χ0) is 12.8. The molecule has 0 unspecified atom stereocenters. The highest BCUT2D eigenvalue weighted by Crippen LogP contribution is 2.19. The van der Waals surface area contributed by atoms with Crippen molar-refractivity contribution in [3.8, 4) is 5.75 Å². The molecule has 1 aliphatic carbocycles. The minimum atomic E-state index is 0.417. The van der Waals surface area contributed by atoms with Crippen LogP contribution in [-0.4, -0.2) is 36.9 Å². The van der Waals surface area contributed by atoms with E-state index >= 15 is 0 Å². The molecular weight excluding hydrogens is 226 g/mol. The average molecular weight is 247 g/mol. The maximum Gasteiger partial charge on any atom is 0.133 e. The number of hydrogen-bond acceptors (Lipinski definition) is 3. The molecule has 0 aromatic heterocycles. The van der Waals surface area contributed by atoms with Gasteiger partial charge in [0.1, 0.15) is 18.1 Å². The van der Waals surface area contributed by atoms with Crippen LogP contribution in [0.2, 0.25) is 0 Å². The van der Waals surface area contributed by atoms with Gasteiger partial charge in [-0.25, -0.2) is 0 Å². The van der Waals surface area contributed by atoms with E-state index in [0.717, 1.165) is 38.0 Å². The number of likely N-dealkylation sites (N-methyl/N-ethyl adjacent to an activating group) is 1. The minimum absolute atomic E-state index is 0.417. The van der Waals surface area contributed by atoms with Crippen LogP contribution in [0.3, 0.4) is 0 Å². The molecule has 3 nitrogen and oxygen atoms in total. The van der Waals surface area contributed by atoms with E-state index in [2.05, 4.69) is 11.9 Å². The molecule has 0 radical (unpaired) electrons. The largest absolute Gasteiger partial charge is 0.492 e. The maximum atomic E-state index is 11.2. The third-order valence-corrected chi connectivity index (χ3v) is 3.59. The van der Waals surface area contributed by atoms with Crippen molar-refractivity contribution in [3.63, 3.8) is 0 Å². The zero-order valence-electron chi connectivity index (χ0n) is 11.0. The lowest BCUT2D eigenvalue weighted by Crippen LogP contribution is -2.37. The topological polar surface area (TPSA) is 29.5 Å². The molecule has 98 valence electrons. The van der Waals surface area contributed by atoms with Crippen molar-refractivity contribution in [1.29, 1.82) is 0 Å². The van der Waals surface area contributed by atoms with Crippen LogP contribution in [0.1, 0.15) is 25.7 Å². The molecule has 1 aliphatic rings. The van der Waals surface area contributed by atoms with Gasteiger partial charge in [0, 0.05) is 25.4 Å². The van der Waals surface area contributed by atoms with E-state index in [9.17, 15) is 4.79 Å². The molecule has 1 saturated carbocycles. The molecule has 0 saturated heterocycles. The van der Waals surface area contributed by atoms with Gasteiger partial charge in [-0.1, -0.05) is 18.2 Å². The van der Waals surface area contributed by atoms with E-state index in [1.165, 1.54) is 0 Å². The van der Waals surface area contributed by atoms with Crippen molar-refractivity contribution in [3.05, 3.63) is 30.3 Å². The van der Waals surface area contributed by atoms with Crippen molar-refractivity contribution in [2.75, 3.05) is 20.2 Å². The number of Topliss-reactive ketones (excluding diaryl/α,β-unsaturated/α-hetero) is 1. The van der Waals surface area contributed by atoms with Gasteiger partial charge < -0.3 is 9.64 Å². The van der Waals surface area contributed by atoms with Gasteiger partial charge in [0.15, 0.2) is 0 Å². The first-order valence-electron chi connectivity index (χ1n) is 6.65. The summed E-state index contributed by atoms with van der Waals surface area (Å²) in [6.45, 7) is 1.61. The second-order valence-corrected chi connectivity index (χ2v) is 4.91. The first-order chi connectivity index (χ1) is 8.75. The Morgan fingerprint density at radius 1 is 1.22 bits per heavy atom. The van der Waals surface area contributed by atoms with Crippen molar-refractivity contribution >= 4 is 5.78 Å². The molecule has 1 aromatic rings. The fourth-order valence-corrected chi connectivity index (χ4v) is 2.37. The fraction of sp³-hybridized carbons (Fsp3) is 0.533. The van der Waals surface area contributed by atoms with E-state index in [-0.39, 0.29) is 0 Å². The second-order valence-electron chi connectivity index (χ2n) is 4.91. The number of hydrogen-bond donors (Lipinski definition) is 0. The molecule has 0 atom stereocenters. The van der Waals surface area contributed by atoms with Gasteiger partial charge in [-0.05, 0) is 32.0 Å². The Labute approximate surface area is 109 Å². The summed E-state index contributed by atoms with van der Waals surface area (Å²) in [6.07, 6.45) is 3.49. The monoisotopic (exact) mass is 247 g/mol. The first-order valence-corrected chi connectivity index (χ1v) is 6.65. The number of nitrogens with zero attached hydrogens (tertiary/aromatic N) is 1. The van der Waals surface area contributed by atoms with Crippen LogP contribution in [0.15, 0.2) is 30.3 Å². The number of carbonyl (C=O) groups excluding carboxylic acids is 1. The molecule has 1 fully saturated rings. The third-order valence-electron chi connectivity index (χ3n) is 3.59. The summed E-state index contributed by atoms with van der Waals surface area (Å²) in [5.74, 6) is 1.34. The Morgan fingerprint density at radius 3 is 2.56 bits per heavy atom. The molecule has 0 heterocycles. The summed E-state index contributed by atoms with van der Waals surface area (Å²) in [4.78, 5) is 13.5. The van der Waals surface area contributed by atoms with Crippen LogP contribution in [0, 0.1) is 0 Å². The van der Waals surface area contributed by atoms with Crippen molar-refractivity contribution in [2.45, 2.75) is 31.7 Å². The van der Waals surface area contributed by atoms with Crippen molar-refractivity contribution in [2.24, 2.45) is 0 Å². The molecule has 2 rings (SSSR count). The van der Waals surface area contributed by atoms with Crippen LogP contribution in [0.25, 0.3) is 0 Å². The van der Waals surface area contributed by atoms with Crippen LogP contribution < -0.4 is 4.74 Å². The lowest BCUT2D eigenvalue weighted by Gasteiger charge is -2.30. The van der Waals surface area contributed by atoms with E-state index in [4.69, 9.17) is 4.74 Å². The van der Waals surface area contributed by atoms with E-state index in [1.807, 2.05) is 30.3 Å². The van der Waals surface area contributed by atoms with Gasteiger partial charge in [0.25, 0.3) is 0 Å². The molecule has 3 heteroatoms. The lowest BCUT2D eigenvalue weighted by atomic mass is 9.93. The molecule has 0 aliphatic heterocycles. The summed E-state index contributed by atoms with van der Waals surface area (Å²) in [6, 6.07) is 10.4. The normalized spacial score (nSPS) is 17.1. The van der Waals surface area contributed by atoms with Crippen LogP contribution >= 0.6 is 0 Å². The van der Waals surface area contributed by atoms with E-state index in [1.54, 1.807) is 0 Å². The summed E-state index contributed by atoms with van der Waals surface area (Å²) in [5.41, 5.74) is 0. The van der Waals surface area contributed by atoms with Gasteiger partial charge in [0.2, 0.25) is 0 Å². The van der Waals surface area contributed by atoms with Crippen LogP contribution in [0.5, 0.6) is 5.75 Å². The summed E-state index contributed by atoms with van der Waals surface area (Å²) >= 11 is 0. The van der Waals surface area contributed by atoms with E-state index in [0.29, 0.717) is 18.4 Å². The maximum absolute atomic E-state index is 11.2. The van der Waals surface area contributed by atoms with Crippen molar-refractivity contribution in [1.82, 2.24) is 4.90 Å². The summed E-state index contributed by atoms with van der Waals surface area (Å²) in [7, 11) is 2.12. The van der Waals surface area contributed by atoms with Gasteiger partial charge in [-0.15, -0.1) is 0 Å². The smallest absolute Gasteiger partial charge is 0.133 e. The Hall–Kier alpha value is -1.35. The number of para-hydroxylation sites is 1. The number of benzene rings is 1. The molecule has 0 spiro atoms. The predicted octanol–water partition coefficient (Wildman–Crippen LogP) is 2.51. The number of rotatable bonds is 5. The Morgan fingerprint density at radius 2 is 1.89 bits per heavy atom.